The third-order valence-corrected chi connectivity index (χ3v) is 3.85. The van der Waals surface area contributed by atoms with Crippen molar-refractivity contribution < 1.29 is 4.79 Å². The van der Waals surface area contributed by atoms with Crippen LogP contribution in [0.2, 0.25) is 0 Å². The molecule has 0 fully saturated rings. The van der Waals surface area contributed by atoms with Crippen molar-refractivity contribution in [2.75, 3.05) is 26.2 Å². The van der Waals surface area contributed by atoms with E-state index in [0.29, 0.717) is 0 Å². The van der Waals surface area contributed by atoms with Crippen LogP contribution in [-0.4, -0.2) is 37.0 Å². The van der Waals surface area contributed by atoms with Crippen LogP contribution in [0.4, 0.5) is 0 Å². The molecule has 104 valence electrons. The molecule has 1 N–H and O–H groups in total. The number of nitrogens with one attached hydrogen (secondary N) is 1. The third kappa shape index (κ3) is 3.57. The first-order valence-corrected chi connectivity index (χ1v) is 7.28. The van der Waals surface area contributed by atoms with Gasteiger partial charge in [-0.2, -0.15) is 0 Å². The molecule has 1 heterocycles. The van der Waals surface area contributed by atoms with Crippen LogP contribution in [0.15, 0.2) is 24.3 Å². The molecule has 0 bridgehead atoms. The summed E-state index contributed by atoms with van der Waals surface area (Å²) in [4.78, 5) is 14.4. The van der Waals surface area contributed by atoms with Crippen molar-refractivity contribution in [2.45, 2.75) is 26.7 Å². The van der Waals surface area contributed by atoms with E-state index in [1.807, 2.05) is 11.8 Å². The average Bonchev–Trinajstić information content (AvgIpc) is 2.66. The summed E-state index contributed by atoms with van der Waals surface area (Å²) in [5.74, 6) is 0.356. The number of fused-ring (bicyclic) bond motifs is 1. The Labute approximate surface area is 116 Å². The average molecular weight is 260 g/mol. The van der Waals surface area contributed by atoms with Crippen LogP contribution in [0.3, 0.4) is 0 Å². The predicted octanol–water partition coefficient (Wildman–Crippen LogP) is 1.86. The number of rotatable bonds is 4. The summed E-state index contributed by atoms with van der Waals surface area (Å²) < 4.78 is 0. The van der Waals surface area contributed by atoms with Gasteiger partial charge in [0.1, 0.15) is 0 Å². The lowest BCUT2D eigenvalue weighted by molar-refractivity contribution is -0.134. The Bertz CT molecular complexity index is 404. The lowest BCUT2D eigenvalue weighted by Gasteiger charge is -2.24. The van der Waals surface area contributed by atoms with Gasteiger partial charge in [-0.1, -0.05) is 38.1 Å². The minimum Gasteiger partial charge on any atom is -0.342 e. The molecule has 3 heteroatoms. The zero-order chi connectivity index (χ0) is 13.7. The van der Waals surface area contributed by atoms with Crippen molar-refractivity contribution in [2.24, 2.45) is 5.92 Å². The topological polar surface area (TPSA) is 32.3 Å². The lowest BCUT2D eigenvalue weighted by Crippen LogP contribution is -2.40. The van der Waals surface area contributed by atoms with Crippen LogP contribution >= 0.6 is 0 Å². The molecule has 3 nitrogen and oxygen atoms in total. The Kier molecular flexibility index (Phi) is 4.97. The first-order valence-electron chi connectivity index (χ1n) is 7.28. The fraction of sp³-hybridized carbons (Fsp3) is 0.562. The Morgan fingerprint density at radius 1 is 1.26 bits per heavy atom. The minimum absolute atomic E-state index is 0.0705. The monoisotopic (exact) mass is 260 g/mol. The highest BCUT2D eigenvalue weighted by molar-refractivity contribution is 5.78. The Morgan fingerprint density at radius 2 is 1.84 bits per heavy atom. The fourth-order valence-corrected chi connectivity index (χ4v) is 2.65. The van der Waals surface area contributed by atoms with E-state index in [2.05, 4.69) is 36.5 Å². The SMILES string of the molecule is CCNCC(C)C(=O)N1CCc2ccccc2CC1. The molecule has 2 rings (SSSR count). The summed E-state index contributed by atoms with van der Waals surface area (Å²) in [6.07, 6.45) is 1.96. The molecular weight excluding hydrogens is 236 g/mol. The van der Waals surface area contributed by atoms with Gasteiger partial charge in [-0.3, -0.25) is 4.79 Å². The smallest absolute Gasteiger partial charge is 0.226 e. The molecule has 0 saturated heterocycles. The highest BCUT2D eigenvalue weighted by atomic mass is 16.2. The molecule has 0 radical (unpaired) electrons. The van der Waals surface area contributed by atoms with Crippen LogP contribution in [0.5, 0.6) is 0 Å². The number of carbonyl (C=O) groups is 1. The van der Waals surface area contributed by atoms with Crippen molar-refractivity contribution in [1.82, 2.24) is 10.2 Å². The molecule has 1 aliphatic heterocycles. The molecular formula is C16H24N2O. The van der Waals surface area contributed by atoms with E-state index in [1.165, 1.54) is 11.1 Å². The molecule has 1 aromatic carbocycles. The highest BCUT2D eigenvalue weighted by Crippen LogP contribution is 2.16. The van der Waals surface area contributed by atoms with E-state index < -0.39 is 0 Å². The fourth-order valence-electron chi connectivity index (χ4n) is 2.65. The summed E-state index contributed by atoms with van der Waals surface area (Å²) in [5.41, 5.74) is 2.80. The maximum absolute atomic E-state index is 12.4. The quantitative estimate of drug-likeness (QED) is 0.896. The summed E-state index contributed by atoms with van der Waals surface area (Å²) >= 11 is 0. The van der Waals surface area contributed by atoms with Gasteiger partial charge >= 0.3 is 0 Å². The molecule has 19 heavy (non-hydrogen) atoms. The van der Waals surface area contributed by atoms with Crippen molar-refractivity contribution in [3.8, 4) is 0 Å². The Morgan fingerprint density at radius 3 is 2.37 bits per heavy atom. The van der Waals surface area contributed by atoms with Gasteiger partial charge in [-0.05, 0) is 30.5 Å². The van der Waals surface area contributed by atoms with Crippen molar-refractivity contribution in [1.29, 1.82) is 0 Å². The van der Waals surface area contributed by atoms with Gasteiger partial charge in [0, 0.05) is 25.6 Å². The molecule has 0 saturated carbocycles. The van der Waals surface area contributed by atoms with E-state index in [0.717, 1.165) is 39.0 Å². The summed E-state index contributed by atoms with van der Waals surface area (Å²) in [6, 6.07) is 8.55. The lowest BCUT2D eigenvalue weighted by atomic mass is 10.0. The van der Waals surface area contributed by atoms with Crippen molar-refractivity contribution in [3.63, 3.8) is 0 Å². The highest BCUT2D eigenvalue weighted by Gasteiger charge is 2.22. The molecule has 1 atom stereocenters. The van der Waals surface area contributed by atoms with Gasteiger partial charge in [-0.25, -0.2) is 0 Å². The standard InChI is InChI=1S/C16H24N2O/c1-3-17-12-13(2)16(19)18-10-8-14-6-4-5-7-15(14)9-11-18/h4-7,13,17H,3,8-12H2,1-2H3. The largest absolute Gasteiger partial charge is 0.342 e. The number of hydrogen-bond donors (Lipinski definition) is 1. The summed E-state index contributed by atoms with van der Waals surface area (Å²) in [5, 5.41) is 3.25. The van der Waals surface area contributed by atoms with Crippen LogP contribution in [0.25, 0.3) is 0 Å². The first-order chi connectivity index (χ1) is 9.22. The van der Waals surface area contributed by atoms with Crippen molar-refractivity contribution in [3.05, 3.63) is 35.4 Å². The van der Waals surface area contributed by atoms with E-state index in [4.69, 9.17) is 0 Å². The van der Waals surface area contributed by atoms with Crippen LogP contribution < -0.4 is 5.32 Å². The second kappa shape index (κ2) is 6.71. The van der Waals surface area contributed by atoms with Gasteiger partial charge in [0.25, 0.3) is 0 Å². The molecule has 0 spiro atoms. The number of hydrogen-bond acceptors (Lipinski definition) is 2. The zero-order valence-corrected chi connectivity index (χ0v) is 12.0. The molecule has 0 aromatic heterocycles. The van der Waals surface area contributed by atoms with Gasteiger partial charge < -0.3 is 10.2 Å². The van der Waals surface area contributed by atoms with E-state index >= 15 is 0 Å². The summed E-state index contributed by atoms with van der Waals surface area (Å²) in [6.45, 7) is 7.49. The van der Waals surface area contributed by atoms with Gasteiger partial charge in [0.2, 0.25) is 5.91 Å². The second-order valence-electron chi connectivity index (χ2n) is 5.30. The van der Waals surface area contributed by atoms with Crippen molar-refractivity contribution >= 4 is 5.91 Å². The number of nitrogens with zero attached hydrogens (tertiary/aromatic N) is 1. The predicted molar refractivity (Wildman–Crippen MR) is 78.1 cm³/mol. The van der Waals surface area contributed by atoms with E-state index in [1.54, 1.807) is 0 Å². The number of amides is 1. The van der Waals surface area contributed by atoms with E-state index in [-0.39, 0.29) is 11.8 Å². The van der Waals surface area contributed by atoms with Gasteiger partial charge in [-0.15, -0.1) is 0 Å². The molecule has 1 aliphatic rings. The summed E-state index contributed by atoms with van der Waals surface area (Å²) in [7, 11) is 0. The maximum Gasteiger partial charge on any atom is 0.226 e. The number of benzene rings is 1. The normalized spacial score (nSPS) is 16.6. The first kappa shape index (κ1) is 14.1. The van der Waals surface area contributed by atoms with Crippen LogP contribution in [0, 0.1) is 5.92 Å². The number of carbonyl (C=O) groups excluding carboxylic acids is 1. The van der Waals surface area contributed by atoms with Gasteiger partial charge in [0.05, 0.1) is 0 Å². The van der Waals surface area contributed by atoms with Crippen LogP contribution in [0.1, 0.15) is 25.0 Å². The Balaban J connectivity index is 1.95. The maximum atomic E-state index is 12.4. The Hall–Kier alpha value is -1.35. The minimum atomic E-state index is 0.0705. The van der Waals surface area contributed by atoms with E-state index in [9.17, 15) is 4.79 Å². The molecule has 1 aromatic rings. The van der Waals surface area contributed by atoms with Crippen LogP contribution in [-0.2, 0) is 17.6 Å². The molecule has 1 unspecified atom stereocenters. The second-order valence-corrected chi connectivity index (χ2v) is 5.30. The molecule has 0 aliphatic carbocycles. The van der Waals surface area contributed by atoms with Gasteiger partial charge in [0.15, 0.2) is 0 Å². The third-order valence-electron chi connectivity index (χ3n) is 3.85. The molecule has 1 amide bonds. The zero-order valence-electron chi connectivity index (χ0n) is 12.0.